The summed E-state index contributed by atoms with van der Waals surface area (Å²) in [6, 6.07) is 12.9. The van der Waals surface area contributed by atoms with E-state index in [0.29, 0.717) is 10.9 Å². The number of hydrogen-bond donors (Lipinski definition) is 2. The van der Waals surface area contributed by atoms with Gasteiger partial charge in [-0.2, -0.15) is 0 Å². The summed E-state index contributed by atoms with van der Waals surface area (Å²) >= 11 is 1.74. The number of nitrogens with zero attached hydrogens (tertiary/aromatic N) is 1. The van der Waals surface area contributed by atoms with Crippen LogP contribution in [0.2, 0.25) is 0 Å². The van der Waals surface area contributed by atoms with Gasteiger partial charge in [-0.25, -0.2) is 9.78 Å². The van der Waals surface area contributed by atoms with Crippen molar-refractivity contribution >= 4 is 34.0 Å². The van der Waals surface area contributed by atoms with Crippen LogP contribution in [0.15, 0.2) is 47.8 Å². The fourth-order valence-corrected chi connectivity index (χ4v) is 2.92. The van der Waals surface area contributed by atoms with Gasteiger partial charge in [0, 0.05) is 16.8 Å². The van der Waals surface area contributed by atoms with Crippen LogP contribution in [-0.4, -0.2) is 22.6 Å². The maximum Gasteiger partial charge on any atom is 0.336 e. The fraction of sp³-hybridized carbons (Fsp3) is 0.125. The van der Waals surface area contributed by atoms with E-state index in [9.17, 15) is 4.79 Å². The Morgan fingerprint density at radius 3 is 2.86 bits per heavy atom. The minimum Gasteiger partial charge on any atom is -0.478 e. The largest absolute Gasteiger partial charge is 0.478 e. The number of carboxylic acids is 1. The van der Waals surface area contributed by atoms with E-state index in [1.54, 1.807) is 29.5 Å². The van der Waals surface area contributed by atoms with Crippen molar-refractivity contribution in [3.8, 4) is 0 Å². The lowest BCUT2D eigenvalue weighted by molar-refractivity contribution is 0.0699. The molecule has 106 valence electrons. The van der Waals surface area contributed by atoms with Crippen molar-refractivity contribution in [1.29, 1.82) is 0 Å². The average Bonchev–Trinajstić information content (AvgIpc) is 2.99. The maximum atomic E-state index is 11.2. The summed E-state index contributed by atoms with van der Waals surface area (Å²) in [5.74, 6) is -0.164. The Morgan fingerprint density at radius 2 is 2.10 bits per heavy atom. The van der Waals surface area contributed by atoms with E-state index in [0.717, 1.165) is 18.8 Å². The molecule has 3 rings (SSSR count). The fourth-order valence-electron chi connectivity index (χ4n) is 2.21. The lowest BCUT2D eigenvalue weighted by atomic mass is 10.1. The molecule has 0 saturated carbocycles. The highest BCUT2D eigenvalue weighted by atomic mass is 32.1. The van der Waals surface area contributed by atoms with E-state index in [1.807, 2.05) is 18.2 Å². The number of aromatic carboxylic acids is 1. The SMILES string of the molecule is O=C(O)c1cccc2nc(NCCc3cccs3)ccc12. The van der Waals surface area contributed by atoms with E-state index in [1.165, 1.54) is 4.88 Å². The third-order valence-electron chi connectivity index (χ3n) is 3.22. The van der Waals surface area contributed by atoms with Gasteiger partial charge < -0.3 is 10.4 Å². The second-order valence-corrected chi connectivity index (χ2v) is 5.66. The molecule has 0 amide bonds. The molecule has 0 fully saturated rings. The number of aromatic nitrogens is 1. The molecular weight excluding hydrogens is 284 g/mol. The van der Waals surface area contributed by atoms with Crippen LogP contribution in [-0.2, 0) is 6.42 Å². The van der Waals surface area contributed by atoms with E-state index < -0.39 is 5.97 Å². The first-order valence-corrected chi connectivity index (χ1v) is 7.51. The zero-order valence-electron chi connectivity index (χ0n) is 11.2. The van der Waals surface area contributed by atoms with Gasteiger partial charge in [0.25, 0.3) is 0 Å². The Bertz CT molecular complexity index is 769. The topological polar surface area (TPSA) is 62.2 Å². The highest BCUT2D eigenvalue weighted by Gasteiger charge is 2.08. The number of thiophene rings is 1. The summed E-state index contributed by atoms with van der Waals surface area (Å²) in [5.41, 5.74) is 0.973. The van der Waals surface area contributed by atoms with E-state index in [2.05, 4.69) is 21.7 Å². The molecule has 2 aromatic heterocycles. The van der Waals surface area contributed by atoms with Gasteiger partial charge in [-0.15, -0.1) is 11.3 Å². The Kier molecular flexibility index (Phi) is 3.83. The van der Waals surface area contributed by atoms with Crippen LogP contribution >= 0.6 is 11.3 Å². The summed E-state index contributed by atoms with van der Waals surface area (Å²) < 4.78 is 0. The van der Waals surface area contributed by atoms with Gasteiger partial charge in [-0.3, -0.25) is 0 Å². The molecule has 0 aliphatic carbocycles. The second kappa shape index (κ2) is 5.93. The predicted octanol–water partition coefficient (Wildman–Crippen LogP) is 3.65. The number of fused-ring (bicyclic) bond motifs is 1. The minimum absolute atomic E-state index is 0.283. The normalized spacial score (nSPS) is 10.7. The number of carbonyl (C=O) groups is 1. The molecule has 0 saturated heterocycles. The molecule has 0 spiro atoms. The zero-order chi connectivity index (χ0) is 14.7. The molecule has 3 aromatic rings. The molecule has 2 N–H and O–H groups in total. The van der Waals surface area contributed by atoms with Crippen LogP contribution in [0.5, 0.6) is 0 Å². The molecule has 0 radical (unpaired) electrons. The molecule has 21 heavy (non-hydrogen) atoms. The lowest BCUT2D eigenvalue weighted by Gasteiger charge is -2.07. The van der Waals surface area contributed by atoms with Crippen molar-refractivity contribution in [3.05, 3.63) is 58.3 Å². The third-order valence-corrected chi connectivity index (χ3v) is 4.16. The summed E-state index contributed by atoms with van der Waals surface area (Å²) in [6.45, 7) is 0.803. The first kappa shape index (κ1) is 13.6. The van der Waals surface area contributed by atoms with Crippen LogP contribution in [0.3, 0.4) is 0 Å². The van der Waals surface area contributed by atoms with Crippen molar-refractivity contribution in [2.75, 3.05) is 11.9 Å². The third kappa shape index (κ3) is 3.03. The number of nitrogens with one attached hydrogen (secondary N) is 1. The molecule has 5 heteroatoms. The van der Waals surface area contributed by atoms with E-state index in [4.69, 9.17) is 5.11 Å². The molecule has 1 aromatic carbocycles. The Labute approximate surface area is 126 Å². The minimum atomic E-state index is -0.930. The van der Waals surface area contributed by atoms with Crippen LogP contribution in [0.25, 0.3) is 10.9 Å². The summed E-state index contributed by atoms with van der Waals surface area (Å²) in [4.78, 5) is 17.0. The lowest BCUT2D eigenvalue weighted by Crippen LogP contribution is -2.06. The average molecular weight is 298 g/mol. The van der Waals surface area contributed by atoms with Gasteiger partial charge in [0.2, 0.25) is 0 Å². The van der Waals surface area contributed by atoms with Crippen molar-refractivity contribution < 1.29 is 9.90 Å². The van der Waals surface area contributed by atoms with E-state index >= 15 is 0 Å². The Morgan fingerprint density at radius 1 is 1.19 bits per heavy atom. The number of anilines is 1. The monoisotopic (exact) mass is 298 g/mol. The molecule has 0 aliphatic rings. The summed E-state index contributed by atoms with van der Waals surface area (Å²) in [5, 5.41) is 15.2. The number of hydrogen-bond acceptors (Lipinski definition) is 4. The highest BCUT2D eigenvalue weighted by Crippen LogP contribution is 2.19. The van der Waals surface area contributed by atoms with Crippen molar-refractivity contribution in [2.24, 2.45) is 0 Å². The van der Waals surface area contributed by atoms with Crippen molar-refractivity contribution in [1.82, 2.24) is 4.98 Å². The molecule has 2 heterocycles. The predicted molar refractivity (Wildman–Crippen MR) is 85.2 cm³/mol. The molecule has 4 nitrogen and oxygen atoms in total. The van der Waals surface area contributed by atoms with Crippen LogP contribution in [0.1, 0.15) is 15.2 Å². The molecule has 0 unspecified atom stereocenters. The van der Waals surface area contributed by atoms with Gasteiger partial charge in [-0.1, -0.05) is 12.1 Å². The molecular formula is C16H14N2O2S. The number of carboxylic acid groups (broad SMARTS) is 1. The first-order chi connectivity index (χ1) is 10.2. The Hall–Kier alpha value is -2.40. The quantitative estimate of drug-likeness (QED) is 0.754. The molecule has 0 bridgehead atoms. The van der Waals surface area contributed by atoms with Gasteiger partial charge in [0.15, 0.2) is 0 Å². The van der Waals surface area contributed by atoms with Gasteiger partial charge in [0.1, 0.15) is 5.82 Å². The number of rotatable bonds is 5. The van der Waals surface area contributed by atoms with E-state index in [-0.39, 0.29) is 5.56 Å². The molecule has 0 atom stereocenters. The maximum absolute atomic E-state index is 11.2. The molecule has 0 aliphatic heterocycles. The smallest absolute Gasteiger partial charge is 0.336 e. The van der Waals surface area contributed by atoms with Gasteiger partial charge in [0.05, 0.1) is 11.1 Å². The summed E-state index contributed by atoms with van der Waals surface area (Å²) in [6.07, 6.45) is 0.951. The Balaban J connectivity index is 1.76. The van der Waals surface area contributed by atoms with Crippen LogP contribution in [0, 0.1) is 0 Å². The first-order valence-electron chi connectivity index (χ1n) is 6.63. The second-order valence-electron chi connectivity index (χ2n) is 4.63. The number of benzene rings is 1. The summed E-state index contributed by atoms with van der Waals surface area (Å²) in [7, 11) is 0. The van der Waals surface area contributed by atoms with Crippen LogP contribution in [0.4, 0.5) is 5.82 Å². The van der Waals surface area contributed by atoms with Crippen molar-refractivity contribution in [2.45, 2.75) is 6.42 Å². The standard InChI is InChI=1S/C16H14N2O2S/c19-16(20)13-4-1-5-14-12(13)6-7-15(18-14)17-9-8-11-3-2-10-21-11/h1-7,10H,8-9H2,(H,17,18)(H,19,20). The van der Waals surface area contributed by atoms with Crippen LogP contribution < -0.4 is 5.32 Å². The van der Waals surface area contributed by atoms with Crippen molar-refractivity contribution in [3.63, 3.8) is 0 Å². The highest BCUT2D eigenvalue weighted by molar-refractivity contribution is 7.09. The van der Waals surface area contributed by atoms with Gasteiger partial charge >= 0.3 is 5.97 Å². The zero-order valence-corrected chi connectivity index (χ0v) is 12.1. The number of pyridine rings is 1. The van der Waals surface area contributed by atoms with Gasteiger partial charge in [-0.05, 0) is 42.1 Å².